The minimum absolute atomic E-state index is 0.0786. The molecule has 0 aliphatic heterocycles. The molecule has 1 aromatic carbocycles. The number of nitrogens with one attached hydrogen (secondary N) is 2. The molecule has 0 fully saturated rings. The van der Waals surface area contributed by atoms with E-state index in [4.69, 9.17) is 22.4 Å². The molecule has 0 aliphatic rings. The predicted molar refractivity (Wildman–Crippen MR) is 76.7 cm³/mol. The molecule has 0 radical (unpaired) electrons. The molecular formula is C13H18N2O3S. The van der Waals surface area contributed by atoms with E-state index in [-0.39, 0.29) is 18.9 Å². The van der Waals surface area contributed by atoms with E-state index in [1.54, 1.807) is 0 Å². The SMILES string of the molecule is O=C(O)CC(CO)CNC(=S)NCc1ccccc1. The van der Waals surface area contributed by atoms with Gasteiger partial charge in [0.15, 0.2) is 5.11 Å². The zero-order valence-corrected chi connectivity index (χ0v) is 11.3. The van der Waals surface area contributed by atoms with E-state index in [1.807, 2.05) is 30.3 Å². The summed E-state index contributed by atoms with van der Waals surface area (Å²) in [4.78, 5) is 10.5. The van der Waals surface area contributed by atoms with Crippen molar-refractivity contribution >= 4 is 23.3 Å². The molecular weight excluding hydrogens is 264 g/mol. The van der Waals surface area contributed by atoms with Crippen LogP contribution in [-0.4, -0.2) is 34.4 Å². The molecule has 1 atom stereocenters. The number of carboxylic acids is 1. The van der Waals surface area contributed by atoms with Gasteiger partial charge in [0.2, 0.25) is 0 Å². The van der Waals surface area contributed by atoms with Crippen LogP contribution in [-0.2, 0) is 11.3 Å². The van der Waals surface area contributed by atoms with Crippen molar-refractivity contribution in [2.45, 2.75) is 13.0 Å². The van der Waals surface area contributed by atoms with Crippen molar-refractivity contribution in [3.63, 3.8) is 0 Å². The lowest BCUT2D eigenvalue weighted by Gasteiger charge is -2.15. The van der Waals surface area contributed by atoms with Gasteiger partial charge in [-0.2, -0.15) is 0 Å². The summed E-state index contributed by atoms with van der Waals surface area (Å²) < 4.78 is 0. The Bertz CT molecular complexity index is 412. The zero-order chi connectivity index (χ0) is 14.1. The van der Waals surface area contributed by atoms with Gasteiger partial charge in [0.25, 0.3) is 0 Å². The predicted octanol–water partition coefficient (Wildman–Crippen LogP) is 0.734. The zero-order valence-electron chi connectivity index (χ0n) is 10.5. The minimum atomic E-state index is -0.927. The highest BCUT2D eigenvalue weighted by Crippen LogP contribution is 2.00. The number of carboxylic acid groups (broad SMARTS) is 1. The monoisotopic (exact) mass is 282 g/mol. The maximum absolute atomic E-state index is 10.5. The first-order valence-electron chi connectivity index (χ1n) is 6.00. The van der Waals surface area contributed by atoms with E-state index in [0.717, 1.165) is 5.56 Å². The van der Waals surface area contributed by atoms with Crippen LogP contribution in [0.1, 0.15) is 12.0 Å². The molecule has 104 valence electrons. The van der Waals surface area contributed by atoms with Crippen molar-refractivity contribution in [2.75, 3.05) is 13.2 Å². The molecule has 6 heteroatoms. The number of thiocarbonyl (C=S) groups is 1. The second-order valence-electron chi connectivity index (χ2n) is 4.20. The quantitative estimate of drug-likeness (QED) is 0.552. The fraction of sp³-hybridized carbons (Fsp3) is 0.385. The summed E-state index contributed by atoms with van der Waals surface area (Å²) in [5, 5.41) is 24.1. The Morgan fingerprint density at radius 2 is 1.95 bits per heavy atom. The molecule has 4 N–H and O–H groups in total. The van der Waals surface area contributed by atoms with Crippen LogP contribution in [0, 0.1) is 5.92 Å². The number of carbonyl (C=O) groups is 1. The van der Waals surface area contributed by atoms with Crippen molar-refractivity contribution < 1.29 is 15.0 Å². The third kappa shape index (κ3) is 6.73. The van der Waals surface area contributed by atoms with Gasteiger partial charge in [0.05, 0.1) is 6.42 Å². The Morgan fingerprint density at radius 1 is 1.26 bits per heavy atom. The highest BCUT2D eigenvalue weighted by Gasteiger charge is 2.12. The summed E-state index contributed by atoms with van der Waals surface area (Å²) in [7, 11) is 0. The molecule has 1 unspecified atom stereocenters. The highest BCUT2D eigenvalue weighted by atomic mass is 32.1. The van der Waals surface area contributed by atoms with E-state index in [0.29, 0.717) is 18.2 Å². The number of benzene rings is 1. The van der Waals surface area contributed by atoms with Crippen molar-refractivity contribution in [3.05, 3.63) is 35.9 Å². The normalized spacial score (nSPS) is 11.6. The molecule has 0 saturated carbocycles. The molecule has 0 aromatic heterocycles. The molecule has 0 aliphatic carbocycles. The molecule has 5 nitrogen and oxygen atoms in total. The summed E-state index contributed by atoms with van der Waals surface area (Å²) in [6, 6.07) is 9.80. The molecule has 0 saturated heterocycles. The first kappa shape index (κ1) is 15.4. The Labute approximate surface area is 117 Å². The average molecular weight is 282 g/mol. The maximum atomic E-state index is 10.5. The van der Waals surface area contributed by atoms with Crippen LogP contribution in [0.25, 0.3) is 0 Å². The van der Waals surface area contributed by atoms with Crippen molar-refractivity contribution in [3.8, 4) is 0 Å². The van der Waals surface area contributed by atoms with E-state index in [1.165, 1.54) is 0 Å². The number of rotatable bonds is 7. The van der Waals surface area contributed by atoms with Gasteiger partial charge in [-0.1, -0.05) is 30.3 Å². The molecule has 0 heterocycles. The summed E-state index contributed by atoms with van der Waals surface area (Å²) in [5.74, 6) is -1.27. The van der Waals surface area contributed by atoms with Gasteiger partial charge in [-0.05, 0) is 17.8 Å². The second-order valence-corrected chi connectivity index (χ2v) is 4.60. The lowest BCUT2D eigenvalue weighted by molar-refractivity contribution is -0.138. The standard InChI is InChI=1S/C13H18N2O3S/c16-9-11(6-12(17)18)8-15-13(19)14-7-10-4-2-1-3-5-10/h1-5,11,16H,6-9H2,(H,17,18)(H2,14,15,19). The number of aliphatic hydroxyl groups excluding tert-OH is 1. The number of aliphatic carboxylic acids is 1. The number of hydrogen-bond donors (Lipinski definition) is 4. The van der Waals surface area contributed by atoms with Crippen LogP contribution in [0.4, 0.5) is 0 Å². The van der Waals surface area contributed by atoms with Gasteiger partial charge < -0.3 is 20.8 Å². The lowest BCUT2D eigenvalue weighted by Crippen LogP contribution is -2.38. The first-order valence-corrected chi connectivity index (χ1v) is 6.41. The fourth-order valence-corrected chi connectivity index (χ4v) is 1.68. The smallest absolute Gasteiger partial charge is 0.303 e. The topological polar surface area (TPSA) is 81.6 Å². The minimum Gasteiger partial charge on any atom is -0.481 e. The largest absolute Gasteiger partial charge is 0.481 e. The summed E-state index contributed by atoms with van der Waals surface area (Å²) in [5.41, 5.74) is 1.11. The molecule has 19 heavy (non-hydrogen) atoms. The van der Waals surface area contributed by atoms with Crippen LogP contribution in [0.3, 0.4) is 0 Å². The van der Waals surface area contributed by atoms with E-state index in [9.17, 15) is 4.79 Å². The Morgan fingerprint density at radius 3 is 2.53 bits per heavy atom. The Balaban J connectivity index is 2.25. The molecule has 1 rings (SSSR count). The number of aliphatic hydroxyl groups is 1. The summed E-state index contributed by atoms with van der Waals surface area (Å²) in [6.07, 6.45) is -0.0786. The molecule has 0 spiro atoms. The van der Waals surface area contributed by atoms with Gasteiger partial charge in [-0.15, -0.1) is 0 Å². The van der Waals surface area contributed by atoms with Gasteiger partial charge in [-0.25, -0.2) is 0 Å². The van der Waals surface area contributed by atoms with Crippen molar-refractivity contribution in [2.24, 2.45) is 5.92 Å². The van der Waals surface area contributed by atoms with Crippen LogP contribution in [0.2, 0.25) is 0 Å². The van der Waals surface area contributed by atoms with Gasteiger partial charge >= 0.3 is 5.97 Å². The molecule has 1 aromatic rings. The van der Waals surface area contributed by atoms with Crippen LogP contribution in [0.5, 0.6) is 0 Å². The Kier molecular flexibility index (Phi) is 6.84. The second kappa shape index (κ2) is 8.44. The maximum Gasteiger partial charge on any atom is 0.303 e. The van der Waals surface area contributed by atoms with Gasteiger partial charge in [0.1, 0.15) is 0 Å². The van der Waals surface area contributed by atoms with Crippen LogP contribution < -0.4 is 10.6 Å². The third-order valence-electron chi connectivity index (χ3n) is 2.57. The average Bonchev–Trinajstić information content (AvgIpc) is 2.42. The van der Waals surface area contributed by atoms with Crippen molar-refractivity contribution in [1.82, 2.24) is 10.6 Å². The number of hydrogen-bond acceptors (Lipinski definition) is 3. The first-order chi connectivity index (χ1) is 9.11. The van der Waals surface area contributed by atoms with Crippen molar-refractivity contribution in [1.29, 1.82) is 0 Å². The Hall–Kier alpha value is -1.66. The molecule has 0 bridgehead atoms. The van der Waals surface area contributed by atoms with Gasteiger partial charge in [0, 0.05) is 25.6 Å². The summed E-state index contributed by atoms with van der Waals surface area (Å²) >= 11 is 5.08. The van der Waals surface area contributed by atoms with E-state index < -0.39 is 5.97 Å². The van der Waals surface area contributed by atoms with E-state index in [2.05, 4.69) is 10.6 Å². The fourth-order valence-electron chi connectivity index (χ4n) is 1.53. The summed E-state index contributed by atoms with van der Waals surface area (Å²) in [6.45, 7) is 0.763. The van der Waals surface area contributed by atoms with Gasteiger partial charge in [-0.3, -0.25) is 4.79 Å². The molecule has 0 amide bonds. The third-order valence-corrected chi connectivity index (χ3v) is 2.86. The highest BCUT2D eigenvalue weighted by molar-refractivity contribution is 7.80. The lowest BCUT2D eigenvalue weighted by atomic mass is 10.1. The van der Waals surface area contributed by atoms with Crippen LogP contribution in [0.15, 0.2) is 30.3 Å². The van der Waals surface area contributed by atoms with E-state index >= 15 is 0 Å². The van der Waals surface area contributed by atoms with Crippen LogP contribution >= 0.6 is 12.2 Å².